The quantitative estimate of drug-likeness (QED) is 0.890. The molecule has 138 valence electrons. The molecule has 0 spiro atoms. The van der Waals surface area contributed by atoms with Gasteiger partial charge in [0.25, 0.3) is 5.91 Å². The third-order valence-electron chi connectivity index (χ3n) is 4.23. The first-order chi connectivity index (χ1) is 12.5. The fourth-order valence-electron chi connectivity index (χ4n) is 2.87. The van der Waals surface area contributed by atoms with Gasteiger partial charge in [-0.2, -0.15) is 0 Å². The van der Waals surface area contributed by atoms with E-state index in [0.717, 1.165) is 5.56 Å². The standard InChI is InChI=1S/C19H23N3O4/c1-14-4-3-5-16(10-14)26-13-19(24)11-22(8-9-25-12-19)18(23)17-15(2)20-6-7-21-17/h3-7,10,24H,8-9,11-13H2,1-2H3/t19-/m0/s1. The zero-order chi connectivity index (χ0) is 18.6. The molecule has 1 aromatic carbocycles. The molecule has 3 rings (SSSR count). The Kier molecular flexibility index (Phi) is 5.49. The average molecular weight is 357 g/mol. The van der Waals surface area contributed by atoms with Gasteiger partial charge in [-0.1, -0.05) is 12.1 Å². The maximum atomic E-state index is 12.8. The lowest BCUT2D eigenvalue weighted by Crippen LogP contribution is -2.50. The highest BCUT2D eigenvalue weighted by molar-refractivity contribution is 5.93. The van der Waals surface area contributed by atoms with Crippen molar-refractivity contribution < 1.29 is 19.4 Å². The van der Waals surface area contributed by atoms with E-state index in [-0.39, 0.29) is 31.4 Å². The van der Waals surface area contributed by atoms with Gasteiger partial charge in [0.15, 0.2) is 0 Å². The zero-order valence-electron chi connectivity index (χ0n) is 15.0. The zero-order valence-corrected chi connectivity index (χ0v) is 15.0. The van der Waals surface area contributed by atoms with Gasteiger partial charge in [-0.05, 0) is 31.5 Å². The second-order valence-corrected chi connectivity index (χ2v) is 6.60. The number of aryl methyl sites for hydroxylation is 2. The smallest absolute Gasteiger partial charge is 0.274 e. The van der Waals surface area contributed by atoms with Crippen LogP contribution in [0.3, 0.4) is 0 Å². The molecule has 1 aliphatic heterocycles. The number of nitrogens with zero attached hydrogens (tertiary/aromatic N) is 3. The van der Waals surface area contributed by atoms with Gasteiger partial charge in [0.05, 0.1) is 25.5 Å². The van der Waals surface area contributed by atoms with Crippen LogP contribution in [-0.2, 0) is 4.74 Å². The summed E-state index contributed by atoms with van der Waals surface area (Å²) in [4.78, 5) is 22.6. The topological polar surface area (TPSA) is 84.8 Å². The number of hydrogen-bond donors (Lipinski definition) is 1. The predicted octanol–water partition coefficient (Wildman–Crippen LogP) is 1.38. The van der Waals surface area contributed by atoms with Crippen molar-refractivity contribution in [2.75, 3.05) is 32.9 Å². The van der Waals surface area contributed by atoms with E-state index in [9.17, 15) is 9.90 Å². The van der Waals surface area contributed by atoms with Crippen LogP contribution in [0.2, 0.25) is 0 Å². The second kappa shape index (κ2) is 7.80. The van der Waals surface area contributed by atoms with Gasteiger partial charge in [-0.15, -0.1) is 0 Å². The number of aliphatic hydroxyl groups is 1. The Bertz CT molecular complexity index is 783. The molecule has 7 heteroatoms. The molecule has 1 atom stereocenters. The molecule has 1 aliphatic rings. The van der Waals surface area contributed by atoms with E-state index in [4.69, 9.17) is 9.47 Å². The summed E-state index contributed by atoms with van der Waals surface area (Å²) >= 11 is 0. The number of amides is 1. The van der Waals surface area contributed by atoms with Crippen molar-refractivity contribution in [2.24, 2.45) is 0 Å². The lowest BCUT2D eigenvalue weighted by atomic mass is 10.1. The Morgan fingerprint density at radius 1 is 1.35 bits per heavy atom. The van der Waals surface area contributed by atoms with Crippen LogP contribution in [0.15, 0.2) is 36.7 Å². The van der Waals surface area contributed by atoms with Gasteiger partial charge in [-0.3, -0.25) is 9.78 Å². The van der Waals surface area contributed by atoms with E-state index in [1.165, 1.54) is 6.20 Å². The lowest BCUT2D eigenvalue weighted by molar-refractivity contribution is -0.0621. The molecule has 0 unspecified atom stereocenters. The molecule has 1 aromatic heterocycles. The lowest BCUT2D eigenvalue weighted by Gasteiger charge is -2.30. The second-order valence-electron chi connectivity index (χ2n) is 6.60. The molecule has 1 amide bonds. The van der Waals surface area contributed by atoms with Crippen LogP contribution in [-0.4, -0.2) is 64.4 Å². The molecule has 7 nitrogen and oxygen atoms in total. The van der Waals surface area contributed by atoms with Crippen molar-refractivity contribution in [3.05, 3.63) is 53.6 Å². The normalized spacial score (nSPS) is 20.5. The molecule has 1 N–H and O–H groups in total. The van der Waals surface area contributed by atoms with Crippen molar-refractivity contribution in [3.8, 4) is 5.75 Å². The van der Waals surface area contributed by atoms with Crippen LogP contribution in [0, 0.1) is 13.8 Å². The number of carbonyl (C=O) groups excluding carboxylic acids is 1. The van der Waals surface area contributed by atoms with Crippen molar-refractivity contribution in [3.63, 3.8) is 0 Å². The highest BCUT2D eigenvalue weighted by Gasteiger charge is 2.36. The van der Waals surface area contributed by atoms with E-state index in [2.05, 4.69) is 9.97 Å². The van der Waals surface area contributed by atoms with Crippen LogP contribution in [0.1, 0.15) is 21.7 Å². The minimum atomic E-state index is -1.30. The number of rotatable bonds is 4. The maximum Gasteiger partial charge on any atom is 0.274 e. The van der Waals surface area contributed by atoms with Crippen molar-refractivity contribution in [1.29, 1.82) is 0 Å². The first kappa shape index (κ1) is 18.3. The molecule has 1 fully saturated rings. The first-order valence-electron chi connectivity index (χ1n) is 8.53. The Hall–Kier alpha value is -2.51. The van der Waals surface area contributed by atoms with Gasteiger partial charge < -0.3 is 19.5 Å². The van der Waals surface area contributed by atoms with E-state index >= 15 is 0 Å². The molecular weight excluding hydrogens is 334 g/mol. The van der Waals surface area contributed by atoms with Gasteiger partial charge in [0, 0.05) is 18.9 Å². The fraction of sp³-hybridized carbons (Fsp3) is 0.421. The number of hydrogen-bond acceptors (Lipinski definition) is 6. The van der Waals surface area contributed by atoms with E-state index in [0.29, 0.717) is 24.6 Å². The Morgan fingerprint density at radius 3 is 2.92 bits per heavy atom. The molecule has 0 bridgehead atoms. The highest BCUT2D eigenvalue weighted by Crippen LogP contribution is 2.19. The summed E-state index contributed by atoms with van der Waals surface area (Å²) in [5.41, 5.74) is 0.617. The van der Waals surface area contributed by atoms with Crippen LogP contribution < -0.4 is 4.74 Å². The summed E-state index contributed by atoms with van der Waals surface area (Å²) in [6, 6.07) is 7.59. The van der Waals surface area contributed by atoms with Gasteiger partial charge in [0.2, 0.25) is 0 Å². The van der Waals surface area contributed by atoms with Crippen LogP contribution in [0.4, 0.5) is 0 Å². The van der Waals surface area contributed by atoms with Gasteiger partial charge in [-0.25, -0.2) is 4.98 Å². The SMILES string of the molecule is Cc1cccc(OC[C@@]2(O)COCCN(C(=O)c3nccnc3C)C2)c1. The number of carbonyl (C=O) groups is 1. The van der Waals surface area contributed by atoms with Crippen LogP contribution in [0.5, 0.6) is 5.75 Å². The summed E-state index contributed by atoms with van der Waals surface area (Å²) < 4.78 is 11.3. The van der Waals surface area contributed by atoms with Crippen LogP contribution in [0.25, 0.3) is 0 Å². The molecule has 0 aliphatic carbocycles. The summed E-state index contributed by atoms with van der Waals surface area (Å²) in [7, 11) is 0. The summed E-state index contributed by atoms with van der Waals surface area (Å²) in [6.07, 6.45) is 3.03. The summed E-state index contributed by atoms with van der Waals surface area (Å²) in [5, 5.41) is 10.9. The van der Waals surface area contributed by atoms with Crippen molar-refractivity contribution in [1.82, 2.24) is 14.9 Å². The van der Waals surface area contributed by atoms with E-state index in [1.54, 1.807) is 18.0 Å². The molecule has 2 heterocycles. The Balaban J connectivity index is 1.71. The number of benzene rings is 1. The highest BCUT2D eigenvalue weighted by atomic mass is 16.5. The Labute approximate surface area is 152 Å². The molecule has 0 saturated carbocycles. The average Bonchev–Trinajstić information content (AvgIpc) is 2.82. The summed E-state index contributed by atoms with van der Waals surface area (Å²) in [6.45, 7) is 4.66. The van der Waals surface area contributed by atoms with Crippen LogP contribution >= 0.6 is 0 Å². The number of aromatic nitrogens is 2. The Morgan fingerprint density at radius 2 is 2.15 bits per heavy atom. The minimum Gasteiger partial charge on any atom is -0.490 e. The third kappa shape index (κ3) is 4.36. The monoisotopic (exact) mass is 357 g/mol. The van der Waals surface area contributed by atoms with E-state index in [1.807, 2.05) is 31.2 Å². The van der Waals surface area contributed by atoms with Crippen molar-refractivity contribution in [2.45, 2.75) is 19.4 Å². The largest absolute Gasteiger partial charge is 0.490 e. The molecule has 0 radical (unpaired) electrons. The van der Waals surface area contributed by atoms with Crippen molar-refractivity contribution >= 4 is 5.91 Å². The minimum absolute atomic E-state index is 0.0275. The molecule has 1 saturated heterocycles. The van der Waals surface area contributed by atoms with E-state index < -0.39 is 5.60 Å². The predicted molar refractivity (Wildman–Crippen MR) is 95.1 cm³/mol. The maximum absolute atomic E-state index is 12.8. The number of β-amino-alcohol motifs (C(OH)–C–C–N with tert-alkyl or cyclic N) is 1. The first-order valence-corrected chi connectivity index (χ1v) is 8.53. The number of ether oxygens (including phenoxy) is 2. The molecule has 26 heavy (non-hydrogen) atoms. The van der Waals surface area contributed by atoms with Gasteiger partial charge >= 0.3 is 0 Å². The molecular formula is C19H23N3O4. The molecule has 2 aromatic rings. The van der Waals surface area contributed by atoms with Gasteiger partial charge in [0.1, 0.15) is 23.7 Å². The fourth-order valence-corrected chi connectivity index (χ4v) is 2.87. The summed E-state index contributed by atoms with van der Waals surface area (Å²) in [5.74, 6) is 0.403. The third-order valence-corrected chi connectivity index (χ3v) is 4.23.